The summed E-state index contributed by atoms with van der Waals surface area (Å²) in [6, 6.07) is 23.0. The van der Waals surface area contributed by atoms with E-state index in [1.807, 2.05) is 37.3 Å². The third-order valence-corrected chi connectivity index (χ3v) is 6.60. The van der Waals surface area contributed by atoms with Crippen LogP contribution in [0.25, 0.3) is 22.6 Å². The summed E-state index contributed by atoms with van der Waals surface area (Å²) in [6.45, 7) is 5.78. The van der Waals surface area contributed by atoms with E-state index in [0.29, 0.717) is 36.7 Å². The van der Waals surface area contributed by atoms with Crippen LogP contribution in [0.5, 0.6) is 5.75 Å². The Morgan fingerprint density at radius 3 is 2.41 bits per heavy atom. The number of carbonyl (C=O) groups is 2. The lowest BCUT2D eigenvalue weighted by molar-refractivity contribution is -0.147. The summed E-state index contributed by atoms with van der Waals surface area (Å²) in [5.74, 6) is 0.542. The Labute approximate surface area is 240 Å². The normalized spacial score (nSPS) is 11.8. The van der Waals surface area contributed by atoms with Crippen molar-refractivity contribution in [1.82, 2.24) is 4.98 Å². The van der Waals surface area contributed by atoms with E-state index in [9.17, 15) is 9.59 Å². The van der Waals surface area contributed by atoms with Crippen molar-refractivity contribution < 1.29 is 28.6 Å². The van der Waals surface area contributed by atoms with E-state index in [0.717, 1.165) is 33.7 Å². The minimum atomic E-state index is -0.904. The van der Waals surface area contributed by atoms with Crippen molar-refractivity contribution in [2.24, 2.45) is 5.73 Å². The quantitative estimate of drug-likeness (QED) is 0.184. The fourth-order valence-electron chi connectivity index (χ4n) is 4.59. The number of nitrogens with two attached hydrogens (primary N) is 1. The molecule has 8 heteroatoms. The number of hydrogen-bond donors (Lipinski definition) is 2. The van der Waals surface area contributed by atoms with E-state index >= 15 is 0 Å². The minimum absolute atomic E-state index is 0.0198. The molecular weight excluding hydrogens is 520 g/mol. The van der Waals surface area contributed by atoms with Crippen LogP contribution < -0.4 is 10.5 Å². The van der Waals surface area contributed by atoms with Crippen LogP contribution in [0.4, 0.5) is 0 Å². The molecule has 3 aromatic carbocycles. The predicted molar refractivity (Wildman–Crippen MR) is 156 cm³/mol. The standard InChI is InChI=1S/C33H36N2O6/c1-21(2)40-32(38)20-29(34)28-19-27(14-12-24(28)13-15-31(36)37)39-17-16-30-22(3)41-33(35-30)26-11-7-10-25(18-26)23-8-5-4-6-9-23/h4-12,14,18-19,21,29H,13,15-17,20,34H2,1-3H3,(H,36,37). The maximum Gasteiger partial charge on any atom is 0.307 e. The van der Waals surface area contributed by atoms with Crippen LogP contribution in [0.15, 0.2) is 77.2 Å². The van der Waals surface area contributed by atoms with Crippen LogP contribution in [-0.4, -0.2) is 34.7 Å². The number of carboxylic acids is 1. The predicted octanol–water partition coefficient (Wildman–Crippen LogP) is 6.30. The maximum absolute atomic E-state index is 12.2. The molecule has 41 heavy (non-hydrogen) atoms. The Morgan fingerprint density at radius 1 is 0.951 bits per heavy atom. The first-order valence-electron chi connectivity index (χ1n) is 13.7. The highest BCUT2D eigenvalue weighted by atomic mass is 16.5. The van der Waals surface area contributed by atoms with Crippen molar-refractivity contribution in [1.29, 1.82) is 0 Å². The molecule has 4 aromatic rings. The fourth-order valence-corrected chi connectivity index (χ4v) is 4.59. The lowest BCUT2D eigenvalue weighted by atomic mass is 9.95. The van der Waals surface area contributed by atoms with Gasteiger partial charge in [-0.15, -0.1) is 0 Å². The summed E-state index contributed by atoms with van der Waals surface area (Å²) in [6.07, 6.45) is 0.511. The lowest BCUT2D eigenvalue weighted by Gasteiger charge is -2.18. The molecular formula is C33H36N2O6. The molecule has 1 atom stereocenters. The van der Waals surface area contributed by atoms with E-state index in [2.05, 4.69) is 24.3 Å². The third kappa shape index (κ3) is 8.28. The molecule has 0 bridgehead atoms. The van der Waals surface area contributed by atoms with Crippen molar-refractivity contribution >= 4 is 11.9 Å². The molecule has 214 valence electrons. The summed E-state index contributed by atoms with van der Waals surface area (Å²) < 4.78 is 17.3. The number of aliphatic carboxylic acids is 1. The van der Waals surface area contributed by atoms with E-state index in [1.165, 1.54) is 0 Å². The number of aromatic nitrogens is 1. The number of rotatable bonds is 13. The number of ether oxygens (including phenoxy) is 2. The van der Waals surface area contributed by atoms with Crippen molar-refractivity contribution in [3.8, 4) is 28.3 Å². The Morgan fingerprint density at radius 2 is 1.68 bits per heavy atom. The van der Waals surface area contributed by atoms with E-state index in [1.54, 1.807) is 32.0 Å². The summed E-state index contributed by atoms with van der Waals surface area (Å²) >= 11 is 0. The molecule has 1 heterocycles. The van der Waals surface area contributed by atoms with E-state index < -0.39 is 18.0 Å². The molecule has 0 spiro atoms. The summed E-state index contributed by atoms with van der Waals surface area (Å²) in [5, 5.41) is 9.15. The van der Waals surface area contributed by atoms with Gasteiger partial charge in [-0.05, 0) is 73.7 Å². The van der Waals surface area contributed by atoms with Crippen LogP contribution in [0.2, 0.25) is 0 Å². The molecule has 0 saturated heterocycles. The van der Waals surface area contributed by atoms with Gasteiger partial charge in [0.15, 0.2) is 0 Å². The molecule has 0 aliphatic heterocycles. The van der Waals surface area contributed by atoms with Gasteiger partial charge in [-0.1, -0.05) is 48.5 Å². The fraction of sp³-hybridized carbons (Fsp3) is 0.303. The van der Waals surface area contributed by atoms with E-state index in [4.69, 9.17) is 29.7 Å². The molecule has 0 fully saturated rings. The van der Waals surface area contributed by atoms with Gasteiger partial charge >= 0.3 is 11.9 Å². The summed E-state index contributed by atoms with van der Waals surface area (Å²) in [4.78, 5) is 28.1. The lowest BCUT2D eigenvalue weighted by Crippen LogP contribution is -2.21. The van der Waals surface area contributed by atoms with Crippen molar-refractivity contribution in [2.75, 3.05) is 6.61 Å². The van der Waals surface area contributed by atoms with Gasteiger partial charge in [0.25, 0.3) is 0 Å². The van der Waals surface area contributed by atoms with Gasteiger partial charge in [-0.3, -0.25) is 9.59 Å². The second-order valence-corrected chi connectivity index (χ2v) is 10.2. The number of hydrogen-bond acceptors (Lipinski definition) is 7. The molecule has 1 unspecified atom stereocenters. The topological polar surface area (TPSA) is 125 Å². The molecule has 0 aliphatic carbocycles. The highest BCUT2D eigenvalue weighted by molar-refractivity contribution is 5.71. The first kappa shape index (κ1) is 29.6. The second kappa shape index (κ2) is 13.8. The van der Waals surface area contributed by atoms with Crippen molar-refractivity contribution in [3.05, 3.63) is 95.4 Å². The summed E-state index contributed by atoms with van der Waals surface area (Å²) in [5.41, 5.74) is 11.7. The van der Waals surface area contributed by atoms with Gasteiger partial charge in [0.2, 0.25) is 5.89 Å². The molecule has 0 saturated carbocycles. The average Bonchev–Trinajstić information content (AvgIpc) is 3.32. The number of carbonyl (C=O) groups excluding carboxylic acids is 1. The Balaban J connectivity index is 1.44. The van der Waals surface area contributed by atoms with Crippen LogP contribution in [0.1, 0.15) is 55.3 Å². The van der Waals surface area contributed by atoms with Gasteiger partial charge in [0.05, 0.1) is 24.8 Å². The zero-order valence-electron chi connectivity index (χ0n) is 23.6. The van der Waals surface area contributed by atoms with E-state index in [-0.39, 0.29) is 18.9 Å². The molecule has 0 aliphatic rings. The molecule has 0 radical (unpaired) electrons. The minimum Gasteiger partial charge on any atom is -0.493 e. The molecule has 3 N–H and O–H groups in total. The first-order chi connectivity index (χ1) is 19.7. The van der Waals surface area contributed by atoms with Crippen LogP contribution >= 0.6 is 0 Å². The Kier molecular flexibility index (Phi) is 9.92. The molecule has 4 rings (SSSR count). The number of carboxylic acid groups (broad SMARTS) is 1. The van der Waals surface area contributed by atoms with Crippen LogP contribution in [0, 0.1) is 6.92 Å². The summed E-state index contributed by atoms with van der Waals surface area (Å²) in [7, 11) is 0. The van der Waals surface area contributed by atoms with Crippen molar-refractivity contribution in [2.45, 2.75) is 58.6 Å². The zero-order valence-corrected chi connectivity index (χ0v) is 23.6. The third-order valence-electron chi connectivity index (χ3n) is 6.60. The van der Waals surface area contributed by atoms with Gasteiger partial charge in [-0.2, -0.15) is 0 Å². The number of aryl methyl sites for hydroxylation is 2. The maximum atomic E-state index is 12.2. The smallest absolute Gasteiger partial charge is 0.307 e. The Bertz CT molecular complexity index is 1480. The number of nitrogens with zero attached hydrogens (tertiary/aromatic N) is 1. The van der Waals surface area contributed by atoms with Crippen molar-refractivity contribution in [3.63, 3.8) is 0 Å². The zero-order chi connectivity index (χ0) is 29.4. The molecule has 1 aromatic heterocycles. The van der Waals surface area contributed by atoms with Crippen LogP contribution in [-0.2, 0) is 27.2 Å². The van der Waals surface area contributed by atoms with Gasteiger partial charge in [-0.25, -0.2) is 4.98 Å². The van der Waals surface area contributed by atoms with Gasteiger partial charge in [0, 0.05) is 24.4 Å². The molecule has 0 amide bonds. The molecule has 8 nitrogen and oxygen atoms in total. The highest BCUT2D eigenvalue weighted by Crippen LogP contribution is 2.29. The second-order valence-electron chi connectivity index (χ2n) is 10.2. The SMILES string of the molecule is Cc1oc(-c2cccc(-c3ccccc3)c2)nc1CCOc1ccc(CCC(=O)O)c(C(N)CC(=O)OC(C)C)c1. The highest BCUT2D eigenvalue weighted by Gasteiger charge is 2.19. The monoisotopic (exact) mass is 556 g/mol. The van der Waals surface area contributed by atoms with Crippen LogP contribution in [0.3, 0.4) is 0 Å². The first-order valence-corrected chi connectivity index (χ1v) is 13.7. The number of benzene rings is 3. The number of oxazole rings is 1. The average molecular weight is 557 g/mol. The largest absolute Gasteiger partial charge is 0.493 e. The van der Waals surface area contributed by atoms with Gasteiger partial charge in [0.1, 0.15) is 11.5 Å². The Hall–Kier alpha value is -4.43. The number of esters is 1. The van der Waals surface area contributed by atoms with Gasteiger partial charge < -0.3 is 24.7 Å².